The van der Waals surface area contributed by atoms with Gasteiger partial charge < -0.3 is 71.5 Å². The Balaban J connectivity index is 0.000000117. The Morgan fingerprint density at radius 1 is 0.326 bits per heavy atom. The average molecular weight is 1890 g/mol. The van der Waals surface area contributed by atoms with Gasteiger partial charge in [-0.05, 0) is 239 Å². The highest BCUT2D eigenvalue weighted by Crippen LogP contribution is 2.34. The van der Waals surface area contributed by atoms with Crippen LogP contribution in [0.4, 0.5) is 55.1 Å². The van der Waals surface area contributed by atoms with Gasteiger partial charge in [-0.1, -0.05) is 97.1 Å². The number of anilines is 8. The third kappa shape index (κ3) is 28.2. The van der Waals surface area contributed by atoms with E-state index < -0.39 is 11.2 Å². The molecule has 0 saturated carbocycles. The minimum Gasteiger partial charge on any atom is -0.472 e. The summed E-state index contributed by atoms with van der Waals surface area (Å²) >= 11 is 0. The Morgan fingerprint density at radius 2 is 0.631 bits per heavy atom. The lowest BCUT2D eigenvalue weighted by atomic mass is 10.0. The molecule has 6 atom stereocenters. The lowest BCUT2D eigenvalue weighted by Gasteiger charge is -2.35. The third-order valence-electron chi connectivity index (χ3n) is 26.4. The zero-order valence-electron chi connectivity index (χ0n) is 82.0. The predicted octanol–water partition coefficient (Wildman–Crippen LogP) is 22.5. The molecule has 730 valence electrons. The van der Waals surface area contributed by atoms with Crippen LogP contribution in [0.25, 0.3) is 64.6 Å². The van der Waals surface area contributed by atoms with E-state index in [1.54, 1.807) is 34.7 Å². The molecular formula is C115H134N20O6. The Kier molecular flexibility index (Phi) is 33.1. The number of benzene rings is 8. The first-order valence-electron chi connectivity index (χ1n) is 49.8. The fraction of sp³-hybridized carbons (Fsp3) is 0.339. The van der Waals surface area contributed by atoms with Crippen LogP contribution in [-0.4, -0.2) is 197 Å². The van der Waals surface area contributed by atoms with E-state index in [1.165, 1.54) is 108 Å². The van der Waals surface area contributed by atoms with Crippen LogP contribution >= 0.6 is 0 Å². The normalized spacial score (nSPS) is 18.5. The van der Waals surface area contributed by atoms with Crippen molar-refractivity contribution in [2.75, 3.05) is 122 Å². The lowest BCUT2D eigenvalue weighted by molar-refractivity contribution is 0.0205. The molecule has 16 aromatic rings. The van der Waals surface area contributed by atoms with Gasteiger partial charge >= 0.3 is 12.2 Å². The zero-order valence-corrected chi connectivity index (χ0v) is 82.0. The van der Waals surface area contributed by atoms with Crippen LogP contribution in [0.5, 0.6) is 0 Å². The van der Waals surface area contributed by atoms with Crippen molar-refractivity contribution < 1.29 is 27.9 Å². The SMILES string of the molecule is CC(C)(C)OC(=O)N1CCC(Nc2cccc3cnccc23)C1.CC(C)(C)OC(=O)N1CCCC(Nc2cccc3cnccc23)C1.Nc1cccc(CN2CC[C@@H](Nc3cccc4cnccc34)C2)c1.Nc1cccc(CN2CC[C@H](Nc3cccc4cnccc34)C2)c1.c1cc(NC2CCCN(Cc3ccoc3)C2)c2ccncc2c1.c1coc(CN2CCCC(Nc3cccc4cnccc34)C2)c1. The summed E-state index contributed by atoms with van der Waals surface area (Å²) in [4.78, 5) is 63.1. The van der Waals surface area contributed by atoms with Gasteiger partial charge in [0, 0.05) is 311 Å². The third-order valence-corrected chi connectivity index (χ3v) is 26.4. The molecule has 6 aliphatic rings. The summed E-state index contributed by atoms with van der Waals surface area (Å²) in [6.45, 7) is 26.7. The Hall–Kier alpha value is -14.4. The zero-order chi connectivity index (χ0) is 97.3. The summed E-state index contributed by atoms with van der Waals surface area (Å²) in [6, 6.07) is 74.9. The molecule has 6 saturated heterocycles. The molecular weight excluding hydrogens is 1760 g/mol. The second-order valence-electron chi connectivity index (χ2n) is 39.7. The number of carbonyl (C=O) groups is 2. The second kappa shape index (κ2) is 47.5. The minimum atomic E-state index is -0.458. The van der Waals surface area contributed by atoms with Crippen LogP contribution in [0.1, 0.15) is 122 Å². The van der Waals surface area contributed by atoms with Crippen molar-refractivity contribution in [2.45, 2.75) is 173 Å². The number of hydrogen-bond donors (Lipinski definition) is 8. The summed E-state index contributed by atoms with van der Waals surface area (Å²) in [5, 5.41) is 36.3. The first kappa shape index (κ1) is 98.2. The van der Waals surface area contributed by atoms with E-state index in [2.05, 4.69) is 239 Å². The van der Waals surface area contributed by atoms with Crippen molar-refractivity contribution >= 4 is 122 Å². The second-order valence-corrected chi connectivity index (χ2v) is 39.7. The van der Waals surface area contributed by atoms with E-state index in [4.69, 9.17) is 29.8 Å². The maximum absolute atomic E-state index is 12.3. The van der Waals surface area contributed by atoms with Gasteiger partial charge in [0.15, 0.2) is 0 Å². The average Bonchev–Trinajstić information content (AvgIpc) is 1.75. The lowest BCUT2D eigenvalue weighted by Crippen LogP contribution is -2.47. The van der Waals surface area contributed by atoms with Crippen molar-refractivity contribution in [1.29, 1.82) is 0 Å². The van der Waals surface area contributed by atoms with E-state index in [0.717, 1.165) is 174 Å². The first-order valence-corrected chi connectivity index (χ1v) is 49.8. The van der Waals surface area contributed by atoms with E-state index in [-0.39, 0.29) is 24.3 Å². The quantitative estimate of drug-likeness (QED) is 0.0329. The summed E-state index contributed by atoms with van der Waals surface area (Å²) < 4.78 is 21.6. The minimum absolute atomic E-state index is 0.226. The molecule has 0 aliphatic carbocycles. The predicted molar refractivity (Wildman–Crippen MR) is 572 cm³/mol. The van der Waals surface area contributed by atoms with Gasteiger partial charge in [-0.15, -0.1) is 0 Å². The number of fused-ring (bicyclic) bond motifs is 6. The fourth-order valence-corrected chi connectivity index (χ4v) is 19.8. The number of rotatable bonds is 20. The van der Waals surface area contributed by atoms with Crippen LogP contribution in [0.15, 0.2) is 314 Å². The number of carbonyl (C=O) groups excluding carboxylic acids is 2. The molecule has 2 amide bonds. The molecule has 22 rings (SSSR count). The van der Waals surface area contributed by atoms with Gasteiger partial charge in [0.1, 0.15) is 17.0 Å². The number of aromatic nitrogens is 6. The first-order chi connectivity index (χ1) is 68.7. The summed E-state index contributed by atoms with van der Waals surface area (Å²) in [5.41, 5.74) is 23.3. The Morgan fingerprint density at radius 3 is 0.965 bits per heavy atom. The number of ether oxygens (including phenoxy) is 2. The van der Waals surface area contributed by atoms with E-state index >= 15 is 0 Å². The molecule has 26 nitrogen and oxygen atoms in total. The van der Waals surface area contributed by atoms with Crippen molar-refractivity contribution in [3.05, 3.63) is 328 Å². The van der Waals surface area contributed by atoms with Crippen LogP contribution in [0.2, 0.25) is 0 Å². The van der Waals surface area contributed by atoms with Gasteiger partial charge in [-0.2, -0.15) is 0 Å². The summed E-state index contributed by atoms with van der Waals surface area (Å²) in [6.07, 6.45) is 37.4. The highest BCUT2D eigenvalue weighted by molar-refractivity contribution is 5.97. The molecule has 0 radical (unpaired) electrons. The largest absolute Gasteiger partial charge is 0.472 e. The number of nitrogens with one attached hydrogen (secondary N) is 6. The van der Waals surface area contributed by atoms with E-state index in [1.807, 2.05) is 164 Å². The molecule has 6 aliphatic heterocycles. The van der Waals surface area contributed by atoms with Gasteiger partial charge in [0.25, 0.3) is 0 Å². The Labute approximate surface area is 827 Å². The number of amides is 2. The van der Waals surface area contributed by atoms with Crippen molar-refractivity contribution in [1.82, 2.24) is 59.3 Å². The highest BCUT2D eigenvalue weighted by Gasteiger charge is 2.33. The van der Waals surface area contributed by atoms with Crippen molar-refractivity contribution in [2.24, 2.45) is 0 Å². The maximum Gasteiger partial charge on any atom is 0.410 e. The smallest absolute Gasteiger partial charge is 0.410 e. The van der Waals surface area contributed by atoms with Gasteiger partial charge in [0.05, 0.1) is 25.3 Å². The molecule has 8 aromatic carbocycles. The van der Waals surface area contributed by atoms with E-state index in [0.29, 0.717) is 37.3 Å². The van der Waals surface area contributed by atoms with Gasteiger partial charge in [0.2, 0.25) is 0 Å². The van der Waals surface area contributed by atoms with Crippen LogP contribution in [0, 0.1) is 0 Å². The number of nitrogens with two attached hydrogens (primary N) is 2. The standard InChI is InChI=1S/2C20H22N4.C19H25N3O2.2C19H21N3O.C18H23N3O2/c2*21-17-5-1-3-15(11-17)13-24-10-8-18(14-24)23-20-6-2-4-16-12-22-9-7-19(16)20;1-19(2,3)24-18(23)22-11-5-7-15(13-22)21-17-8-4-6-14-12-20-10-9-16(14)17;1-4-15-12-20-9-8-18(15)19(7-1)21-16-5-2-10-22(13-16)14-17-6-3-11-23-17;1-3-16-11-20-8-6-18(16)19(5-1)21-17-4-2-9-22(13-17)12-15-7-10-23-14-15;1-18(2,3)23-17(22)21-10-8-14(12-21)20-16-6-4-5-13-11-19-9-7-15(13)16/h2*1-7,9,11-12,18,23H,8,10,13-14,21H2;4,6,8-10,12,15,21H,5,7,11,13H2,1-3H3;1,3-4,6-9,11-12,16,21H,2,5,10,13-14H2;1,3,5-8,10-11,14,17,21H,2,4,9,12-13H2;4-7,9,11,14,20H,8,10,12H2,1-3H3/t2*18-;;;;/m10..../s1. The van der Waals surface area contributed by atoms with Crippen LogP contribution in [-0.2, 0) is 35.7 Å². The summed E-state index contributed by atoms with van der Waals surface area (Å²) in [5.74, 6) is 1.04. The number of likely N-dealkylation sites (tertiary alicyclic amines) is 6. The number of pyridine rings is 6. The molecule has 0 bridgehead atoms. The van der Waals surface area contributed by atoms with Crippen LogP contribution < -0.4 is 43.4 Å². The summed E-state index contributed by atoms with van der Waals surface area (Å²) in [7, 11) is 0. The topological polar surface area (TPSA) is 300 Å². The molecule has 26 heteroatoms. The number of hydrogen-bond acceptors (Lipinski definition) is 24. The molecule has 6 fully saturated rings. The van der Waals surface area contributed by atoms with Crippen LogP contribution in [0.3, 0.4) is 0 Å². The highest BCUT2D eigenvalue weighted by atomic mass is 16.6. The monoisotopic (exact) mass is 1890 g/mol. The molecule has 0 spiro atoms. The number of furan rings is 2. The molecule has 8 aromatic heterocycles. The van der Waals surface area contributed by atoms with Gasteiger partial charge in [-0.25, -0.2) is 9.59 Å². The molecule has 141 heavy (non-hydrogen) atoms. The molecule has 14 heterocycles. The number of nitrogens with zero attached hydrogens (tertiary/aromatic N) is 12. The Bertz CT molecular complexity index is 6430. The molecule has 4 unspecified atom stereocenters. The van der Waals surface area contributed by atoms with Crippen molar-refractivity contribution in [3.8, 4) is 0 Å². The van der Waals surface area contributed by atoms with E-state index in [9.17, 15) is 9.59 Å². The van der Waals surface area contributed by atoms with Gasteiger partial charge in [-0.3, -0.25) is 49.5 Å². The van der Waals surface area contributed by atoms with Crippen molar-refractivity contribution in [3.63, 3.8) is 0 Å². The maximum atomic E-state index is 12.3. The fourth-order valence-electron chi connectivity index (χ4n) is 19.8. The molecule has 10 N–H and O–H groups in total. The number of piperidine rings is 3. The number of nitrogen functional groups attached to an aromatic ring is 2.